The van der Waals surface area contributed by atoms with E-state index < -0.39 is 0 Å². The maximum absolute atomic E-state index is 11.8. The molecule has 0 aromatic heterocycles. The van der Waals surface area contributed by atoms with Crippen LogP contribution in [0.25, 0.3) is 0 Å². The zero-order chi connectivity index (χ0) is 12.1. The van der Waals surface area contributed by atoms with Crippen LogP contribution in [0.4, 0.5) is 0 Å². The van der Waals surface area contributed by atoms with E-state index in [1.54, 1.807) is 0 Å². The van der Waals surface area contributed by atoms with Crippen LogP contribution in [0.2, 0.25) is 0 Å². The lowest BCUT2D eigenvalue weighted by Gasteiger charge is -2.28. The molecule has 2 aliphatic rings. The van der Waals surface area contributed by atoms with Gasteiger partial charge in [0.05, 0.1) is 5.92 Å². The highest BCUT2D eigenvalue weighted by Gasteiger charge is 2.22. The van der Waals surface area contributed by atoms with Crippen LogP contribution in [-0.2, 0) is 4.79 Å². The molecule has 2 fully saturated rings. The SMILES string of the molecule is CN1CCC(CCNC(=O)C2CCNC2)CC1. The number of hydrogen-bond donors (Lipinski definition) is 2. The molecule has 2 rings (SSSR count). The van der Waals surface area contributed by atoms with Crippen molar-refractivity contribution in [2.75, 3.05) is 39.8 Å². The highest BCUT2D eigenvalue weighted by Crippen LogP contribution is 2.18. The van der Waals surface area contributed by atoms with Crippen LogP contribution < -0.4 is 10.6 Å². The number of carbonyl (C=O) groups is 1. The predicted octanol–water partition coefficient (Wildman–Crippen LogP) is 0.444. The third-order valence-corrected chi connectivity index (χ3v) is 4.12. The van der Waals surface area contributed by atoms with Crippen molar-refractivity contribution in [3.8, 4) is 0 Å². The molecule has 0 bridgehead atoms. The second kappa shape index (κ2) is 6.36. The van der Waals surface area contributed by atoms with Gasteiger partial charge < -0.3 is 15.5 Å². The van der Waals surface area contributed by atoms with Gasteiger partial charge in [0.25, 0.3) is 0 Å². The highest BCUT2D eigenvalue weighted by atomic mass is 16.1. The van der Waals surface area contributed by atoms with E-state index in [2.05, 4.69) is 22.6 Å². The summed E-state index contributed by atoms with van der Waals surface area (Å²) in [5.74, 6) is 1.28. The van der Waals surface area contributed by atoms with Gasteiger partial charge in [-0.15, -0.1) is 0 Å². The minimum absolute atomic E-state index is 0.215. The lowest BCUT2D eigenvalue weighted by Crippen LogP contribution is -2.35. The fraction of sp³-hybridized carbons (Fsp3) is 0.923. The number of rotatable bonds is 4. The van der Waals surface area contributed by atoms with Gasteiger partial charge in [0, 0.05) is 13.1 Å². The molecule has 17 heavy (non-hydrogen) atoms. The smallest absolute Gasteiger partial charge is 0.224 e. The van der Waals surface area contributed by atoms with Crippen molar-refractivity contribution in [3.05, 3.63) is 0 Å². The van der Waals surface area contributed by atoms with E-state index in [4.69, 9.17) is 0 Å². The average Bonchev–Trinajstić information content (AvgIpc) is 2.85. The summed E-state index contributed by atoms with van der Waals surface area (Å²) in [5.41, 5.74) is 0. The van der Waals surface area contributed by atoms with Crippen molar-refractivity contribution in [3.63, 3.8) is 0 Å². The predicted molar refractivity (Wildman–Crippen MR) is 68.8 cm³/mol. The largest absolute Gasteiger partial charge is 0.356 e. The van der Waals surface area contributed by atoms with Crippen molar-refractivity contribution in [2.24, 2.45) is 11.8 Å². The Morgan fingerprint density at radius 3 is 2.76 bits per heavy atom. The van der Waals surface area contributed by atoms with E-state index >= 15 is 0 Å². The molecule has 1 amide bonds. The van der Waals surface area contributed by atoms with E-state index in [1.807, 2.05) is 0 Å². The monoisotopic (exact) mass is 239 g/mol. The first-order valence-electron chi connectivity index (χ1n) is 6.92. The van der Waals surface area contributed by atoms with E-state index in [9.17, 15) is 4.79 Å². The van der Waals surface area contributed by atoms with Crippen LogP contribution >= 0.6 is 0 Å². The second-order valence-electron chi connectivity index (χ2n) is 5.52. The summed E-state index contributed by atoms with van der Waals surface area (Å²) in [4.78, 5) is 14.2. The zero-order valence-corrected chi connectivity index (χ0v) is 10.9. The van der Waals surface area contributed by atoms with Gasteiger partial charge in [0.2, 0.25) is 5.91 Å². The lowest BCUT2D eigenvalue weighted by atomic mass is 9.94. The van der Waals surface area contributed by atoms with Crippen LogP contribution in [0.15, 0.2) is 0 Å². The summed E-state index contributed by atoms with van der Waals surface area (Å²) >= 11 is 0. The average molecular weight is 239 g/mol. The maximum atomic E-state index is 11.8. The lowest BCUT2D eigenvalue weighted by molar-refractivity contribution is -0.124. The molecule has 0 aliphatic carbocycles. The Bertz CT molecular complexity index is 243. The summed E-state index contributed by atoms with van der Waals surface area (Å²) in [5, 5.41) is 6.32. The van der Waals surface area contributed by atoms with Crippen LogP contribution in [-0.4, -0.2) is 50.6 Å². The van der Waals surface area contributed by atoms with E-state index in [-0.39, 0.29) is 11.8 Å². The standard InChI is InChI=1S/C13H25N3O/c1-16-8-4-11(5-9-16)2-7-15-13(17)12-3-6-14-10-12/h11-12,14H,2-10H2,1H3,(H,15,17). The first-order chi connectivity index (χ1) is 8.25. The van der Waals surface area contributed by atoms with Gasteiger partial charge in [0.15, 0.2) is 0 Å². The number of carbonyl (C=O) groups excluding carboxylic acids is 1. The van der Waals surface area contributed by atoms with Crippen molar-refractivity contribution in [2.45, 2.75) is 25.7 Å². The molecule has 0 saturated carbocycles. The molecule has 1 unspecified atom stereocenters. The second-order valence-corrected chi connectivity index (χ2v) is 5.52. The van der Waals surface area contributed by atoms with E-state index in [1.165, 1.54) is 25.9 Å². The number of amides is 1. The summed E-state index contributed by atoms with van der Waals surface area (Å²) in [6, 6.07) is 0. The molecule has 2 heterocycles. The maximum Gasteiger partial charge on any atom is 0.224 e. The number of nitrogens with zero attached hydrogens (tertiary/aromatic N) is 1. The topological polar surface area (TPSA) is 44.4 Å². The molecule has 0 spiro atoms. The first-order valence-corrected chi connectivity index (χ1v) is 6.92. The Labute approximate surface area is 104 Å². The van der Waals surface area contributed by atoms with Gasteiger partial charge in [-0.3, -0.25) is 4.79 Å². The first kappa shape index (κ1) is 12.8. The van der Waals surface area contributed by atoms with Gasteiger partial charge in [-0.05, 0) is 58.3 Å². The number of nitrogens with one attached hydrogen (secondary N) is 2. The number of hydrogen-bond acceptors (Lipinski definition) is 3. The molecule has 2 saturated heterocycles. The Kier molecular flexibility index (Phi) is 4.80. The Morgan fingerprint density at radius 1 is 1.35 bits per heavy atom. The molecule has 0 aromatic carbocycles. The molecule has 2 N–H and O–H groups in total. The molecule has 2 aliphatic heterocycles. The van der Waals surface area contributed by atoms with Gasteiger partial charge in [-0.1, -0.05) is 0 Å². The van der Waals surface area contributed by atoms with Gasteiger partial charge in [0.1, 0.15) is 0 Å². The van der Waals surface area contributed by atoms with Crippen molar-refractivity contribution >= 4 is 5.91 Å². The molecule has 0 aromatic rings. The third-order valence-electron chi connectivity index (χ3n) is 4.12. The van der Waals surface area contributed by atoms with Crippen molar-refractivity contribution < 1.29 is 4.79 Å². The van der Waals surface area contributed by atoms with Gasteiger partial charge in [-0.2, -0.15) is 0 Å². The minimum Gasteiger partial charge on any atom is -0.356 e. The Balaban J connectivity index is 1.57. The van der Waals surface area contributed by atoms with Gasteiger partial charge in [-0.25, -0.2) is 0 Å². The Morgan fingerprint density at radius 2 is 2.12 bits per heavy atom. The third kappa shape index (κ3) is 3.96. The van der Waals surface area contributed by atoms with Gasteiger partial charge >= 0.3 is 0 Å². The summed E-state index contributed by atoms with van der Waals surface area (Å²) < 4.78 is 0. The molecule has 98 valence electrons. The molecule has 4 heteroatoms. The summed E-state index contributed by atoms with van der Waals surface area (Å²) in [6.45, 7) is 5.15. The quantitative estimate of drug-likeness (QED) is 0.748. The van der Waals surface area contributed by atoms with Crippen LogP contribution in [0.3, 0.4) is 0 Å². The Hall–Kier alpha value is -0.610. The zero-order valence-electron chi connectivity index (χ0n) is 10.9. The van der Waals surface area contributed by atoms with Crippen LogP contribution in [0.1, 0.15) is 25.7 Å². The number of likely N-dealkylation sites (tertiary alicyclic amines) is 1. The summed E-state index contributed by atoms with van der Waals surface area (Å²) in [7, 11) is 2.19. The molecular formula is C13H25N3O. The molecule has 0 radical (unpaired) electrons. The molecule has 1 atom stereocenters. The minimum atomic E-state index is 0.215. The normalized spacial score (nSPS) is 27.2. The fourth-order valence-electron chi connectivity index (χ4n) is 2.77. The van der Waals surface area contributed by atoms with Crippen molar-refractivity contribution in [1.82, 2.24) is 15.5 Å². The number of piperidine rings is 1. The molecule has 4 nitrogen and oxygen atoms in total. The molecular weight excluding hydrogens is 214 g/mol. The van der Waals surface area contributed by atoms with Crippen molar-refractivity contribution in [1.29, 1.82) is 0 Å². The summed E-state index contributed by atoms with van der Waals surface area (Å²) in [6.07, 6.45) is 4.73. The van der Waals surface area contributed by atoms with Crippen LogP contribution in [0.5, 0.6) is 0 Å². The fourth-order valence-corrected chi connectivity index (χ4v) is 2.77. The van der Waals surface area contributed by atoms with E-state index in [0.29, 0.717) is 0 Å². The highest BCUT2D eigenvalue weighted by molar-refractivity contribution is 5.79. The van der Waals surface area contributed by atoms with Crippen LogP contribution in [0, 0.1) is 11.8 Å². The van der Waals surface area contributed by atoms with E-state index in [0.717, 1.165) is 38.4 Å².